The highest BCUT2D eigenvalue weighted by molar-refractivity contribution is 4.93. The highest BCUT2D eigenvalue weighted by Crippen LogP contribution is 2.15. The van der Waals surface area contributed by atoms with Crippen molar-refractivity contribution in [2.24, 2.45) is 18.9 Å². The summed E-state index contributed by atoms with van der Waals surface area (Å²) in [6, 6.07) is 0. The molecule has 0 aromatic carbocycles. The minimum absolute atomic E-state index is 0.672. The van der Waals surface area contributed by atoms with Gasteiger partial charge in [-0.25, -0.2) is 4.98 Å². The third kappa shape index (κ3) is 3.97. The lowest BCUT2D eigenvalue weighted by molar-refractivity contribution is 0.358. The van der Waals surface area contributed by atoms with E-state index in [0.29, 0.717) is 11.8 Å². The van der Waals surface area contributed by atoms with Crippen LogP contribution in [0.2, 0.25) is 0 Å². The molecule has 0 spiro atoms. The molecule has 0 fully saturated rings. The zero-order valence-corrected chi connectivity index (χ0v) is 11.0. The van der Waals surface area contributed by atoms with Gasteiger partial charge in [0.05, 0.1) is 0 Å². The monoisotopic (exact) mass is 223 g/mol. The molecule has 1 heterocycles. The van der Waals surface area contributed by atoms with E-state index in [2.05, 4.69) is 42.7 Å². The Balaban J connectivity index is 2.34. The minimum atomic E-state index is 0.672. The maximum Gasteiger partial charge on any atom is 0.108 e. The largest absolute Gasteiger partial charge is 0.338 e. The zero-order chi connectivity index (χ0) is 12.0. The molecule has 2 atom stereocenters. The molecule has 2 unspecified atom stereocenters. The number of imidazole rings is 1. The van der Waals surface area contributed by atoms with Crippen LogP contribution in [0.5, 0.6) is 0 Å². The van der Waals surface area contributed by atoms with E-state index in [1.807, 2.05) is 12.4 Å². The molecule has 0 bridgehead atoms. The summed E-state index contributed by atoms with van der Waals surface area (Å²) >= 11 is 0. The average molecular weight is 223 g/mol. The molecular formula is C13H25N3. The van der Waals surface area contributed by atoms with Crippen LogP contribution in [-0.4, -0.2) is 22.6 Å². The lowest BCUT2D eigenvalue weighted by Gasteiger charge is -2.20. The van der Waals surface area contributed by atoms with E-state index in [1.165, 1.54) is 12.2 Å². The normalized spacial score (nSPS) is 15.0. The Morgan fingerprint density at radius 3 is 2.69 bits per heavy atom. The number of aryl methyl sites for hydroxylation is 1. The van der Waals surface area contributed by atoms with Crippen molar-refractivity contribution < 1.29 is 0 Å². The van der Waals surface area contributed by atoms with Crippen LogP contribution in [0, 0.1) is 11.8 Å². The number of nitrogens with zero attached hydrogens (tertiary/aromatic N) is 2. The second kappa shape index (κ2) is 6.69. The molecule has 1 aromatic rings. The fourth-order valence-corrected chi connectivity index (χ4v) is 1.79. The molecule has 3 nitrogen and oxygen atoms in total. The van der Waals surface area contributed by atoms with Crippen LogP contribution in [0.3, 0.4) is 0 Å². The fourth-order valence-electron chi connectivity index (χ4n) is 1.79. The summed E-state index contributed by atoms with van der Waals surface area (Å²) in [5.41, 5.74) is 0. The van der Waals surface area contributed by atoms with E-state index >= 15 is 0 Å². The molecule has 0 saturated carbocycles. The van der Waals surface area contributed by atoms with Crippen molar-refractivity contribution in [1.29, 1.82) is 0 Å². The molecule has 0 radical (unpaired) electrons. The summed E-state index contributed by atoms with van der Waals surface area (Å²) in [5.74, 6) is 2.56. The maximum atomic E-state index is 4.38. The Morgan fingerprint density at radius 2 is 2.12 bits per heavy atom. The molecule has 1 aromatic heterocycles. The molecule has 1 N–H and O–H groups in total. The first kappa shape index (κ1) is 13.2. The van der Waals surface area contributed by atoms with E-state index in [0.717, 1.165) is 19.5 Å². The van der Waals surface area contributed by atoms with Gasteiger partial charge in [-0.2, -0.15) is 0 Å². The van der Waals surface area contributed by atoms with Crippen LogP contribution in [0.4, 0.5) is 0 Å². The number of hydrogen-bond donors (Lipinski definition) is 1. The molecule has 3 heteroatoms. The predicted molar refractivity (Wildman–Crippen MR) is 68.4 cm³/mol. The summed E-state index contributed by atoms with van der Waals surface area (Å²) in [6.45, 7) is 9.07. The van der Waals surface area contributed by atoms with Gasteiger partial charge in [0.25, 0.3) is 0 Å². The van der Waals surface area contributed by atoms with Gasteiger partial charge >= 0.3 is 0 Å². The van der Waals surface area contributed by atoms with Gasteiger partial charge < -0.3 is 9.88 Å². The fraction of sp³-hybridized carbons (Fsp3) is 0.769. The predicted octanol–water partition coefficient (Wildman–Crippen LogP) is 2.23. The molecule has 0 aliphatic rings. The molecule has 92 valence electrons. The van der Waals surface area contributed by atoms with Gasteiger partial charge in [-0.05, 0) is 31.3 Å². The number of rotatable bonds is 7. The topological polar surface area (TPSA) is 29.9 Å². The third-order valence-corrected chi connectivity index (χ3v) is 3.29. The van der Waals surface area contributed by atoms with Crippen LogP contribution in [0.15, 0.2) is 12.4 Å². The Kier molecular flexibility index (Phi) is 5.53. The van der Waals surface area contributed by atoms with Gasteiger partial charge in [-0.1, -0.05) is 20.8 Å². The van der Waals surface area contributed by atoms with Crippen molar-refractivity contribution in [3.8, 4) is 0 Å². The second-order valence-corrected chi connectivity index (χ2v) is 4.82. The lowest BCUT2D eigenvalue weighted by Crippen LogP contribution is -2.27. The van der Waals surface area contributed by atoms with Crippen molar-refractivity contribution in [1.82, 2.24) is 14.9 Å². The lowest BCUT2D eigenvalue weighted by atomic mass is 9.92. The highest BCUT2D eigenvalue weighted by Gasteiger charge is 2.14. The average Bonchev–Trinajstić information content (AvgIpc) is 2.64. The molecular weight excluding hydrogens is 198 g/mol. The summed E-state index contributed by atoms with van der Waals surface area (Å²) in [4.78, 5) is 4.38. The van der Waals surface area contributed by atoms with Crippen LogP contribution in [0.1, 0.15) is 33.0 Å². The van der Waals surface area contributed by atoms with Gasteiger partial charge in [0.15, 0.2) is 0 Å². The van der Waals surface area contributed by atoms with Gasteiger partial charge in [0, 0.05) is 25.9 Å². The Bertz CT molecular complexity index is 293. The first-order valence-electron chi connectivity index (χ1n) is 6.32. The number of hydrogen-bond acceptors (Lipinski definition) is 2. The number of aromatic nitrogens is 2. The standard InChI is InChI=1S/C13H25N3/c1-5-6-14-10-12(3)11(2)9-13-15-7-8-16(13)4/h7-8,11-12,14H,5-6,9-10H2,1-4H3. The number of nitrogens with one attached hydrogen (secondary N) is 1. The Hall–Kier alpha value is -0.830. The third-order valence-electron chi connectivity index (χ3n) is 3.29. The maximum absolute atomic E-state index is 4.38. The van der Waals surface area contributed by atoms with E-state index < -0.39 is 0 Å². The van der Waals surface area contributed by atoms with Gasteiger partial charge in [-0.15, -0.1) is 0 Å². The minimum Gasteiger partial charge on any atom is -0.338 e. The summed E-state index contributed by atoms with van der Waals surface area (Å²) in [5, 5.41) is 3.48. The van der Waals surface area contributed by atoms with Gasteiger partial charge in [0.2, 0.25) is 0 Å². The van der Waals surface area contributed by atoms with Crippen molar-refractivity contribution in [2.45, 2.75) is 33.6 Å². The molecule has 16 heavy (non-hydrogen) atoms. The molecule has 0 amide bonds. The molecule has 0 saturated heterocycles. The first-order chi connectivity index (χ1) is 7.65. The van der Waals surface area contributed by atoms with Gasteiger partial charge in [-0.3, -0.25) is 0 Å². The summed E-state index contributed by atoms with van der Waals surface area (Å²) < 4.78 is 2.11. The summed E-state index contributed by atoms with van der Waals surface area (Å²) in [6.07, 6.45) is 6.17. The highest BCUT2D eigenvalue weighted by atomic mass is 15.0. The molecule has 1 rings (SSSR count). The Labute approximate surface area is 99.3 Å². The van der Waals surface area contributed by atoms with Crippen molar-refractivity contribution in [2.75, 3.05) is 13.1 Å². The van der Waals surface area contributed by atoms with Crippen LogP contribution < -0.4 is 5.32 Å². The molecule has 0 aliphatic heterocycles. The second-order valence-electron chi connectivity index (χ2n) is 4.82. The van der Waals surface area contributed by atoms with E-state index in [9.17, 15) is 0 Å². The SMILES string of the molecule is CCCNCC(C)C(C)Cc1nccn1C. The van der Waals surface area contributed by atoms with E-state index in [1.54, 1.807) is 0 Å². The van der Waals surface area contributed by atoms with Crippen molar-refractivity contribution in [3.05, 3.63) is 18.2 Å². The first-order valence-corrected chi connectivity index (χ1v) is 6.32. The van der Waals surface area contributed by atoms with Crippen LogP contribution in [0.25, 0.3) is 0 Å². The smallest absolute Gasteiger partial charge is 0.108 e. The van der Waals surface area contributed by atoms with E-state index in [-0.39, 0.29) is 0 Å². The quantitative estimate of drug-likeness (QED) is 0.718. The van der Waals surface area contributed by atoms with Crippen LogP contribution >= 0.6 is 0 Å². The van der Waals surface area contributed by atoms with Crippen LogP contribution in [-0.2, 0) is 13.5 Å². The van der Waals surface area contributed by atoms with Gasteiger partial charge in [0.1, 0.15) is 5.82 Å². The van der Waals surface area contributed by atoms with Crippen molar-refractivity contribution >= 4 is 0 Å². The van der Waals surface area contributed by atoms with E-state index in [4.69, 9.17) is 0 Å². The van der Waals surface area contributed by atoms with Crippen molar-refractivity contribution in [3.63, 3.8) is 0 Å². The molecule has 0 aliphatic carbocycles. The zero-order valence-electron chi connectivity index (χ0n) is 11.0. The Morgan fingerprint density at radius 1 is 1.38 bits per heavy atom. The summed E-state index contributed by atoms with van der Waals surface area (Å²) in [7, 11) is 2.06.